The van der Waals surface area contributed by atoms with Gasteiger partial charge in [0.05, 0.1) is 24.7 Å². The van der Waals surface area contributed by atoms with Crippen LogP contribution in [0.5, 0.6) is 5.88 Å². The molecule has 2 saturated heterocycles. The summed E-state index contributed by atoms with van der Waals surface area (Å²) >= 11 is 0. The van der Waals surface area contributed by atoms with Crippen LogP contribution >= 0.6 is 0 Å². The van der Waals surface area contributed by atoms with E-state index in [9.17, 15) is 18.0 Å². The average molecular weight is 344 g/mol. The monoisotopic (exact) mass is 344 g/mol. The summed E-state index contributed by atoms with van der Waals surface area (Å²) < 4.78 is 48.8. The fraction of sp³-hybridized carbons (Fsp3) is 0.625. The maximum absolute atomic E-state index is 12.7. The molecule has 5 nitrogen and oxygen atoms in total. The smallest absolute Gasteiger partial charge is 0.391 e. The highest BCUT2D eigenvalue weighted by atomic mass is 19.4. The first-order chi connectivity index (χ1) is 11.4. The van der Waals surface area contributed by atoms with Crippen LogP contribution in [-0.4, -0.2) is 54.4 Å². The zero-order valence-corrected chi connectivity index (χ0v) is 13.1. The summed E-state index contributed by atoms with van der Waals surface area (Å²) in [7, 11) is 0. The van der Waals surface area contributed by atoms with Gasteiger partial charge in [0.2, 0.25) is 5.88 Å². The minimum atomic E-state index is -4.18. The highest BCUT2D eigenvalue weighted by Crippen LogP contribution is 2.34. The van der Waals surface area contributed by atoms with Crippen LogP contribution in [0, 0.1) is 5.92 Å². The molecule has 1 aromatic rings. The third-order valence-corrected chi connectivity index (χ3v) is 4.40. The number of piperidine rings is 1. The Balaban J connectivity index is 1.55. The number of hydrogen-bond donors (Lipinski definition) is 0. The van der Waals surface area contributed by atoms with Gasteiger partial charge >= 0.3 is 6.18 Å². The predicted octanol–water partition coefficient (Wildman–Crippen LogP) is 2.66. The SMILES string of the molecule is O=C(c1ccc(O[C@H]2CCOC2)nc1)N1CCC(C(F)(F)F)CC1. The van der Waals surface area contributed by atoms with Gasteiger partial charge in [-0.3, -0.25) is 4.79 Å². The van der Waals surface area contributed by atoms with Crippen LogP contribution in [0.2, 0.25) is 0 Å². The lowest BCUT2D eigenvalue weighted by atomic mass is 9.96. The van der Waals surface area contributed by atoms with Crippen molar-refractivity contribution in [3.63, 3.8) is 0 Å². The largest absolute Gasteiger partial charge is 0.472 e. The first kappa shape index (κ1) is 17.0. The Morgan fingerprint density at radius 2 is 2.00 bits per heavy atom. The van der Waals surface area contributed by atoms with Crippen LogP contribution in [0.1, 0.15) is 29.6 Å². The number of nitrogens with zero attached hydrogens (tertiary/aromatic N) is 2. The van der Waals surface area contributed by atoms with Gasteiger partial charge in [0.1, 0.15) is 6.10 Å². The Kier molecular flexibility index (Phi) is 4.93. The van der Waals surface area contributed by atoms with Crippen LogP contribution in [0.4, 0.5) is 13.2 Å². The van der Waals surface area contributed by atoms with E-state index in [0.717, 1.165) is 6.42 Å². The van der Waals surface area contributed by atoms with Gasteiger partial charge in [-0.05, 0) is 18.9 Å². The van der Waals surface area contributed by atoms with Gasteiger partial charge in [-0.25, -0.2) is 4.98 Å². The summed E-state index contributed by atoms with van der Waals surface area (Å²) in [6, 6.07) is 3.20. The van der Waals surface area contributed by atoms with Crippen LogP contribution in [-0.2, 0) is 4.74 Å². The Morgan fingerprint density at radius 1 is 1.25 bits per heavy atom. The van der Waals surface area contributed by atoms with E-state index in [1.807, 2.05) is 0 Å². The number of aromatic nitrogens is 1. The molecule has 0 spiro atoms. The first-order valence-electron chi connectivity index (χ1n) is 8.00. The molecule has 0 N–H and O–H groups in total. The number of ether oxygens (including phenoxy) is 2. The highest BCUT2D eigenvalue weighted by Gasteiger charge is 2.41. The van der Waals surface area contributed by atoms with Crippen molar-refractivity contribution >= 4 is 5.91 Å². The van der Waals surface area contributed by atoms with Crippen molar-refractivity contribution in [1.82, 2.24) is 9.88 Å². The fourth-order valence-corrected chi connectivity index (χ4v) is 2.95. The van der Waals surface area contributed by atoms with E-state index in [0.29, 0.717) is 24.7 Å². The van der Waals surface area contributed by atoms with Gasteiger partial charge in [0.15, 0.2) is 0 Å². The molecule has 1 aromatic heterocycles. The summed E-state index contributed by atoms with van der Waals surface area (Å²) in [6.07, 6.45) is -2.10. The third-order valence-electron chi connectivity index (χ3n) is 4.40. The molecule has 1 amide bonds. The molecule has 2 aliphatic heterocycles. The van der Waals surface area contributed by atoms with E-state index in [1.165, 1.54) is 11.1 Å². The molecule has 3 rings (SSSR count). The Hall–Kier alpha value is -1.83. The van der Waals surface area contributed by atoms with Gasteiger partial charge in [0, 0.05) is 31.8 Å². The Morgan fingerprint density at radius 3 is 2.54 bits per heavy atom. The molecule has 2 aliphatic rings. The van der Waals surface area contributed by atoms with Gasteiger partial charge < -0.3 is 14.4 Å². The van der Waals surface area contributed by atoms with Gasteiger partial charge in [0.25, 0.3) is 5.91 Å². The number of pyridine rings is 1. The molecular formula is C16H19F3N2O3. The quantitative estimate of drug-likeness (QED) is 0.846. The number of alkyl halides is 3. The normalized spacial score (nSPS) is 22.6. The standard InChI is InChI=1S/C16H19F3N2O3/c17-16(18,19)12-3-6-21(7-4-12)15(22)11-1-2-14(20-9-11)24-13-5-8-23-10-13/h1-2,9,12-13H,3-8,10H2/t13-/m0/s1. The summed E-state index contributed by atoms with van der Waals surface area (Å²) in [5.41, 5.74) is 0.357. The fourth-order valence-electron chi connectivity index (χ4n) is 2.95. The van der Waals surface area contributed by atoms with Crippen LogP contribution in [0.15, 0.2) is 18.3 Å². The van der Waals surface area contributed by atoms with Gasteiger partial charge in [-0.1, -0.05) is 0 Å². The summed E-state index contributed by atoms with van der Waals surface area (Å²) in [4.78, 5) is 17.9. The van der Waals surface area contributed by atoms with E-state index in [-0.39, 0.29) is 37.9 Å². The van der Waals surface area contributed by atoms with E-state index < -0.39 is 12.1 Å². The molecule has 0 aliphatic carbocycles. The second-order valence-electron chi connectivity index (χ2n) is 6.10. The molecule has 8 heteroatoms. The summed E-state index contributed by atoms with van der Waals surface area (Å²) in [6.45, 7) is 1.41. The third kappa shape index (κ3) is 3.98. The second-order valence-corrected chi connectivity index (χ2v) is 6.10. The molecule has 2 fully saturated rings. The molecular weight excluding hydrogens is 325 g/mol. The summed E-state index contributed by atoms with van der Waals surface area (Å²) in [5, 5.41) is 0. The van der Waals surface area contributed by atoms with Crippen molar-refractivity contribution in [2.75, 3.05) is 26.3 Å². The van der Waals surface area contributed by atoms with Crippen molar-refractivity contribution in [2.24, 2.45) is 5.92 Å². The average Bonchev–Trinajstić information content (AvgIpc) is 3.07. The number of hydrogen-bond acceptors (Lipinski definition) is 4. The predicted molar refractivity (Wildman–Crippen MR) is 78.8 cm³/mol. The van der Waals surface area contributed by atoms with Crippen LogP contribution in [0.3, 0.4) is 0 Å². The number of carbonyl (C=O) groups is 1. The highest BCUT2D eigenvalue weighted by molar-refractivity contribution is 5.94. The van der Waals surface area contributed by atoms with E-state index >= 15 is 0 Å². The van der Waals surface area contributed by atoms with Crippen molar-refractivity contribution in [1.29, 1.82) is 0 Å². The Bertz CT molecular complexity index is 563. The topological polar surface area (TPSA) is 51.7 Å². The molecule has 0 bridgehead atoms. The lowest BCUT2D eigenvalue weighted by molar-refractivity contribution is -0.183. The molecule has 0 aromatic carbocycles. The van der Waals surface area contributed by atoms with Crippen molar-refractivity contribution in [2.45, 2.75) is 31.5 Å². The molecule has 0 saturated carbocycles. The minimum Gasteiger partial charge on any atom is -0.472 e. The maximum atomic E-state index is 12.7. The zero-order chi connectivity index (χ0) is 17.2. The number of amides is 1. The molecule has 3 heterocycles. The van der Waals surface area contributed by atoms with E-state index in [1.54, 1.807) is 12.1 Å². The molecule has 132 valence electrons. The molecule has 0 unspecified atom stereocenters. The number of rotatable bonds is 3. The zero-order valence-electron chi connectivity index (χ0n) is 13.1. The van der Waals surface area contributed by atoms with Crippen molar-refractivity contribution in [3.05, 3.63) is 23.9 Å². The summed E-state index contributed by atoms with van der Waals surface area (Å²) in [5.74, 6) is -1.19. The second kappa shape index (κ2) is 6.96. The molecule has 24 heavy (non-hydrogen) atoms. The number of halogens is 3. The lowest BCUT2D eigenvalue weighted by Gasteiger charge is -2.32. The minimum absolute atomic E-state index is 0.0274. The molecule has 1 atom stereocenters. The lowest BCUT2D eigenvalue weighted by Crippen LogP contribution is -2.42. The van der Waals surface area contributed by atoms with Crippen LogP contribution in [0.25, 0.3) is 0 Å². The van der Waals surface area contributed by atoms with Crippen LogP contribution < -0.4 is 4.74 Å². The van der Waals surface area contributed by atoms with E-state index in [2.05, 4.69) is 4.98 Å². The van der Waals surface area contributed by atoms with Gasteiger partial charge in [-0.15, -0.1) is 0 Å². The van der Waals surface area contributed by atoms with Crippen molar-refractivity contribution in [3.8, 4) is 5.88 Å². The van der Waals surface area contributed by atoms with E-state index in [4.69, 9.17) is 9.47 Å². The maximum Gasteiger partial charge on any atom is 0.391 e. The number of likely N-dealkylation sites (tertiary alicyclic amines) is 1. The number of carbonyl (C=O) groups excluding carboxylic acids is 1. The van der Waals surface area contributed by atoms with Gasteiger partial charge in [-0.2, -0.15) is 13.2 Å². The molecule has 0 radical (unpaired) electrons. The van der Waals surface area contributed by atoms with Crippen molar-refractivity contribution < 1.29 is 27.4 Å². The Labute approximate surface area is 137 Å². The first-order valence-corrected chi connectivity index (χ1v) is 8.00.